The Morgan fingerprint density at radius 3 is 2.55 bits per heavy atom. The Balaban J connectivity index is 1.29. The van der Waals surface area contributed by atoms with Gasteiger partial charge in [0.15, 0.2) is 11.5 Å². The van der Waals surface area contributed by atoms with Gasteiger partial charge in [0.1, 0.15) is 6.61 Å². The summed E-state index contributed by atoms with van der Waals surface area (Å²) in [5, 5.41) is 4.88. The van der Waals surface area contributed by atoms with Crippen molar-refractivity contribution in [3.63, 3.8) is 0 Å². The molecule has 6 rings (SSSR count). The fourth-order valence-corrected chi connectivity index (χ4v) is 6.47. The molecule has 192 valence electrons. The smallest absolute Gasteiger partial charge is 0.175 e. The lowest BCUT2D eigenvalue weighted by Gasteiger charge is -2.38. The molecule has 0 aromatic heterocycles. The van der Waals surface area contributed by atoms with Crippen molar-refractivity contribution < 1.29 is 9.47 Å². The third kappa shape index (κ3) is 4.82. The Morgan fingerprint density at radius 1 is 0.921 bits per heavy atom. The SMILES string of the molecule is COc1cc([C@@H]2Nc3ccc(-c4ccccc4)cc3[C@@H]3C=CC[C@H]32)cc(Br)c1OCc1ccc(Cl)c(Cl)c1. The number of allylic oxidation sites excluding steroid dienone is 2. The maximum Gasteiger partial charge on any atom is 0.175 e. The van der Waals surface area contributed by atoms with E-state index < -0.39 is 0 Å². The van der Waals surface area contributed by atoms with Crippen molar-refractivity contribution in [2.45, 2.75) is 25.0 Å². The van der Waals surface area contributed by atoms with Gasteiger partial charge in [0.2, 0.25) is 0 Å². The number of nitrogens with one attached hydrogen (secondary N) is 1. The highest BCUT2D eigenvalue weighted by atomic mass is 79.9. The fourth-order valence-electron chi connectivity index (χ4n) is 5.58. The van der Waals surface area contributed by atoms with Gasteiger partial charge >= 0.3 is 0 Å². The number of ether oxygens (including phenoxy) is 2. The second-order valence-electron chi connectivity index (χ2n) is 9.71. The molecule has 0 bridgehead atoms. The van der Waals surface area contributed by atoms with Gasteiger partial charge in [0.05, 0.1) is 27.7 Å². The van der Waals surface area contributed by atoms with Crippen molar-refractivity contribution in [1.29, 1.82) is 0 Å². The van der Waals surface area contributed by atoms with E-state index in [1.54, 1.807) is 13.2 Å². The second kappa shape index (κ2) is 10.7. The maximum absolute atomic E-state index is 6.18. The highest BCUT2D eigenvalue weighted by Crippen LogP contribution is 2.52. The number of hydrogen-bond donors (Lipinski definition) is 1. The first kappa shape index (κ1) is 25.4. The average Bonchev–Trinajstić information content (AvgIpc) is 3.44. The van der Waals surface area contributed by atoms with Crippen LogP contribution in [0.4, 0.5) is 5.69 Å². The van der Waals surface area contributed by atoms with E-state index >= 15 is 0 Å². The molecule has 1 heterocycles. The largest absolute Gasteiger partial charge is 0.493 e. The Labute approximate surface area is 241 Å². The van der Waals surface area contributed by atoms with Crippen LogP contribution in [-0.4, -0.2) is 7.11 Å². The van der Waals surface area contributed by atoms with Crippen LogP contribution in [0.3, 0.4) is 0 Å². The summed E-state index contributed by atoms with van der Waals surface area (Å²) < 4.78 is 12.8. The van der Waals surface area contributed by atoms with E-state index in [1.807, 2.05) is 12.1 Å². The normalized spacial score (nSPS) is 19.4. The lowest BCUT2D eigenvalue weighted by Crippen LogP contribution is -2.29. The zero-order valence-corrected chi connectivity index (χ0v) is 23.9. The van der Waals surface area contributed by atoms with Gasteiger partial charge in [-0.25, -0.2) is 0 Å². The van der Waals surface area contributed by atoms with Crippen molar-refractivity contribution in [3.8, 4) is 22.6 Å². The fraction of sp³-hybridized carbons (Fsp3) is 0.188. The molecule has 0 radical (unpaired) electrons. The van der Waals surface area contributed by atoms with Gasteiger partial charge in [-0.2, -0.15) is 0 Å². The van der Waals surface area contributed by atoms with Crippen molar-refractivity contribution in [2.24, 2.45) is 5.92 Å². The molecular formula is C32H26BrCl2NO2. The highest BCUT2D eigenvalue weighted by Gasteiger charge is 2.38. The summed E-state index contributed by atoms with van der Waals surface area (Å²) in [4.78, 5) is 0. The number of fused-ring (bicyclic) bond motifs is 3. The molecule has 4 aromatic rings. The predicted octanol–water partition coefficient (Wildman–Crippen LogP) is 9.84. The quantitative estimate of drug-likeness (QED) is 0.222. The molecule has 3 atom stereocenters. The zero-order chi connectivity index (χ0) is 26.2. The van der Waals surface area contributed by atoms with Gasteiger partial charge in [-0.1, -0.05) is 77.8 Å². The molecule has 4 aromatic carbocycles. The van der Waals surface area contributed by atoms with Crippen LogP contribution in [0.15, 0.2) is 95.5 Å². The first-order valence-electron chi connectivity index (χ1n) is 12.6. The summed E-state index contributed by atoms with van der Waals surface area (Å²) in [6, 6.07) is 27.2. The van der Waals surface area contributed by atoms with E-state index in [9.17, 15) is 0 Å². The Kier molecular flexibility index (Phi) is 7.13. The van der Waals surface area contributed by atoms with Gasteiger partial charge in [0.25, 0.3) is 0 Å². The predicted molar refractivity (Wildman–Crippen MR) is 160 cm³/mol. The molecule has 3 nitrogen and oxygen atoms in total. The lowest BCUT2D eigenvalue weighted by atomic mass is 9.76. The molecule has 0 spiro atoms. The molecule has 38 heavy (non-hydrogen) atoms. The van der Waals surface area contributed by atoms with Crippen LogP contribution >= 0.6 is 39.1 Å². The third-order valence-electron chi connectivity index (χ3n) is 7.45. The van der Waals surface area contributed by atoms with Crippen LogP contribution < -0.4 is 14.8 Å². The molecule has 1 N–H and O–H groups in total. The summed E-state index contributed by atoms with van der Waals surface area (Å²) >= 11 is 16.0. The molecule has 0 unspecified atom stereocenters. The van der Waals surface area contributed by atoms with Gasteiger partial charge in [-0.05, 0) is 92.5 Å². The third-order valence-corrected chi connectivity index (χ3v) is 8.78. The van der Waals surface area contributed by atoms with Crippen molar-refractivity contribution in [3.05, 3.63) is 122 Å². The Bertz CT molecular complexity index is 1520. The average molecular weight is 607 g/mol. The van der Waals surface area contributed by atoms with Crippen LogP contribution in [0.2, 0.25) is 10.0 Å². The minimum absolute atomic E-state index is 0.138. The molecule has 0 amide bonds. The number of benzene rings is 4. The van der Waals surface area contributed by atoms with Crippen LogP contribution in [0.25, 0.3) is 11.1 Å². The van der Waals surface area contributed by atoms with E-state index in [0.29, 0.717) is 40.0 Å². The molecule has 1 aliphatic heterocycles. The van der Waals surface area contributed by atoms with Gasteiger partial charge < -0.3 is 14.8 Å². The zero-order valence-electron chi connectivity index (χ0n) is 20.8. The van der Waals surface area contributed by atoms with E-state index in [1.165, 1.54) is 22.4 Å². The minimum atomic E-state index is 0.138. The Morgan fingerprint density at radius 2 is 1.76 bits per heavy atom. The molecular weight excluding hydrogens is 581 g/mol. The first-order chi connectivity index (χ1) is 18.5. The van der Waals surface area contributed by atoms with Gasteiger partial charge in [-0.3, -0.25) is 0 Å². The second-order valence-corrected chi connectivity index (χ2v) is 11.4. The molecule has 0 saturated carbocycles. The molecule has 0 saturated heterocycles. The van der Waals surface area contributed by atoms with E-state index in [4.69, 9.17) is 32.7 Å². The monoisotopic (exact) mass is 605 g/mol. The van der Waals surface area contributed by atoms with Crippen molar-refractivity contribution >= 4 is 44.8 Å². The topological polar surface area (TPSA) is 30.5 Å². The summed E-state index contributed by atoms with van der Waals surface area (Å²) in [6.07, 6.45) is 5.70. The van der Waals surface area contributed by atoms with E-state index in [0.717, 1.165) is 22.0 Å². The number of rotatable bonds is 6. The molecule has 0 fully saturated rings. The first-order valence-corrected chi connectivity index (χ1v) is 14.1. The van der Waals surface area contributed by atoms with Crippen LogP contribution in [0.5, 0.6) is 11.5 Å². The summed E-state index contributed by atoms with van der Waals surface area (Å²) in [5.41, 5.74) is 7.11. The summed E-state index contributed by atoms with van der Waals surface area (Å²) in [6.45, 7) is 0.346. The summed E-state index contributed by atoms with van der Waals surface area (Å²) in [5.74, 6) is 2.11. The van der Waals surface area contributed by atoms with Gasteiger partial charge in [-0.15, -0.1) is 0 Å². The lowest BCUT2D eigenvalue weighted by molar-refractivity contribution is 0.282. The number of anilines is 1. The van der Waals surface area contributed by atoms with Crippen LogP contribution in [0.1, 0.15) is 35.1 Å². The van der Waals surface area contributed by atoms with Crippen molar-refractivity contribution in [2.75, 3.05) is 12.4 Å². The van der Waals surface area contributed by atoms with Crippen LogP contribution in [-0.2, 0) is 6.61 Å². The standard InChI is InChI=1S/C32H26BrCl2NO2/c1-37-30-17-22(16-26(33)32(30)38-18-19-10-12-27(34)28(35)14-19)31-24-9-5-8-23(24)25-15-21(11-13-29(25)36-31)20-6-3-2-4-7-20/h2-8,10-17,23-24,31,36H,9,18H2,1H3/t23-,24-,31+/m1/s1. The Hall–Kier alpha value is -2.92. The minimum Gasteiger partial charge on any atom is -0.493 e. The van der Waals surface area contributed by atoms with Crippen LogP contribution in [0, 0.1) is 5.92 Å². The highest BCUT2D eigenvalue weighted by molar-refractivity contribution is 9.10. The molecule has 6 heteroatoms. The number of methoxy groups -OCH3 is 1. The van der Waals surface area contributed by atoms with E-state index in [-0.39, 0.29) is 6.04 Å². The summed E-state index contributed by atoms with van der Waals surface area (Å²) in [7, 11) is 1.67. The number of hydrogen-bond acceptors (Lipinski definition) is 3. The maximum atomic E-state index is 6.18. The molecule has 1 aliphatic carbocycles. The van der Waals surface area contributed by atoms with Crippen molar-refractivity contribution in [1.82, 2.24) is 0 Å². The number of halogens is 3. The molecule has 2 aliphatic rings. The van der Waals surface area contributed by atoms with E-state index in [2.05, 4.69) is 94.1 Å². The van der Waals surface area contributed by atoms with Gasteiger partial charge in [0, 0.05) is 11.6 Å².